The van der Waals surface area contributed by atoms with E-state index in [-0.39, 0.29) is 0 Å². The fraction of sp³-hybridized carbons (Fsp3) is 0.500. The Bertz CT molecular complexity index is 522. The maximum Gasteiger partial charge on any atom is 0.301 e. The highest BCUT2D eigenvalue weighted by Gasteiger charge is 2.23. The first-order valence-electron chi connectivity index (χ1n) is 6.05. The molecule has 6 heteroatoms. The second kappa shape index (κ2) is 5.26. The molecule has 0 amide bonds. The van der Waals surface area contributed by atoms with E-state index in [1.807, 2.05) is 32.0 Å². The zero-order chi connectivity index (χ0) is 13.2. The SMILES string of the molecule is Cc1ccc(NS(=O)(=O)N2CCNCC2)c(C)c1. The van der Waals surface area contributed by atoms with E-state index in [4.69, 9.17) is 0 Å². The largest absolute Gasteiger partial charge is 0.314 e. The average Bonchev–Trinajstić information content (AvgIpc) is 2.34. The second-order valence-corrected chi connectivity index (χ2v) is 6.25. The number of anilines is 1. The standard InChI is InChI=1S/C12H19N3O2S/c1-10-3-4-12(11(2)9-10)14-18(16,17)15-7-5-13-6-8-15/h3-4,9,13-14H,5-8H2,1-2H3. The Kier molecular flexibility index (Phi) is 3.89. The van der Waals surface area contributed by atoms with Crippen LogP contribution >= 0.6 is 0 Å². The topological polar surface area (TPSA) is 61.4 Å². The normalized spacial score (nSPS) is 17.7. The van der Waals surface area contributed by atoms with Crippen LogP contribution < -0.4 is 10.0 Å². The van der Waals surface area contributed by atoms with E-state index in [1.165, 1.54) is 4.31 Å². The van der Waals surface area contributed by atoms with E-state index in [2.05, 4.69) is 10.0 Å². The second-order valence-electron chi connectivity index (χ2n) is 4.57. The predicted molar refractivity (Wildman–Crippen MR) is 72.9 cm³/mol. The molecule has 1 aromatic rings. The van der Waals surface area contributed by atoms with Gasteiger partial charge in [0, 0.05) is 26.2 Å². The lowest BCUT2D eigenvalue weighted by molar-refractivity contribution is 0.362. The van der Waals surface area contributed by atoms with Crippen molar-refractivity contribution in [1.29, 1.82) is 0 Å². The number of rotatable bonds is 3. The van der Waals surface area contributed by atoms with Gasteiger partial charge < -0.3 is 5.32 Å². The van der Waals surface area contributed by atoms with Crippen LogP contribution in [0.1, 0.15) is 11.1 Å². The van der Waals surface area contributed by atoms with Crippen molar-refractivity contribution in [3.63, 3.8) is 0 Å². The molecule has 1 heterocycles. The van der Waals surface area contributed by atoms with Crippen LogP contribution in [0.25, 0.3) is 0 Å². The Morgan fingerprint density at radius 2 is 1.89 bits per heavy atom. The summed E-state index contributed by atoms with van der Waals surface area (Å²) in [5.74, 6) is 0. The molecule has 1 aromatic carbocycles. The maximum atomic E-state index is 12.2. The Hall–Kier alpha value is -1.11. The van der Waals surface area contributed by atoms with E-state index in [0.29, 0.717) is 31.9 Å². The Balaban J connectivity index is 2.16. The van der Waals surface area contributed by atoms with Crippen molar-refractivity contribution in [1.82, 2.24) is 9.62 Å². The third-order valence-corrected chi connectivity index (χ3v) is 4.56. The van der Waals surface area contributed by atoms with E-state index in [0.717, 1.165) is 11.1 Å². The number of hydrogen-bond donors (Lipinski definition) is 2. The molecule has 100 valence electrons. The number of aryl methyl sites for hydroxylation is 2. The highest BCUT2D eigenvalue weighted by molar-refractivity contribution is 7.90. The van der Waals surface area contributed by atoms with Crippen molar-refractivity contribution in [3.05, 3.63) is 29.3 Å². The van der Waals surface area contributed by atoms with E-state index in [9.17, 15) is 8.42 Å². The zero-order valence-electron chi connectivity index (χ0n) is 10.7. The Morgan fingerprint density at radius 1 is 1.22 bits per heavy atom. The van der Waals surface area contributed by atoms with Gasteiger partial charge in [-0.15, -0.1) is 0 Å². The van der Waals surface area contributed by atoms with Crippen LogP contribution in [0.15, 0.2) is 18.2 Å². The van der Waals surface area contributed by atoms with Gasteiger partial charge in [-0.2, -0.15) is 12.7 Å². The molecule has 0 unspecified atom stereocenters. The van der Waals surface area contributed by atoms with Crippen LogP contribution in [0, 0.1) is 13.8 Å². The van der Waals surface area contributed by atoms with E-state index in [1.54, 1.807) is 0 Å². The molecule has 1 aliphatic heterocycles. The van der Waals surface area contributed by atoms with Gasteiger partial charge in [0.05, 0.1) is 5.69 Å². The highest BCUT2D eigenvalue weighted by Crippen LogP contribution is 2.18. The molecule has 2 rings (SSSR count). The molecule has 0 spiro atoms. The van der Waals surface area contributed by atoms with Gasteiger partial charge in [-0.3, -0.25) is 4.72 Å². The Labute approximate surface area is 108 Å². The minimum atomic E-state index is -3.43. The first-order valence-corrected chi connectivity index (χ1v) is 7.49. The van der Waals surface area contributed by atoms with Crippen LogP contribution in [0.2, 0.25) is 0 Å². The number of benzene rings is 1. The van der Waals surface area contributed by atoms with Crippen molar-refractivity contribution in [2.45, 2.75) is 13.8 Å². The summed E-state index contributed by atoms with van der Waals surface area (Å²) in [7, 11) is -3.43. The third-order valence-electron chi connectivity index (χ3n) is 3.04. The summed E-state index contributed by atoms with van der Waals surface area (Å²) in [6.07, 6.45) is 0. The van der Waals surface area contributed by atoms with Gasteiger partial charge in [0.15, 0.2) is 0 Å². The Morgan fingerprint density at radius 3 is 2.50 bits per heavy atom. The van der Waals surface area contributed by atoms with Crippen LogP contribution in [-0.4, -0.2) is 38.9 Å². The monoisotopic (exact) mass is 269 g/mol. The highest BCUT2D eigenvalue weighted by atomic mass is 32.2. The van der Waals surface area contributed by atoms with Crippen molar-refractivity contribution >= 4 is 15.9 Å². The van der Waals surface area contributed by atoms with Crippen molar-refractivity contribution in [2.24, 2.45) is 0 Å². The summed E-state index contributed by atoms with van der Waals surface area (Å²) < 4.78 is 28.5. The molecule has 0 aliphatic carbocycles. The minimum absolute atomic E-state index is 0.514. The third kappa shape index (κ3) is 3.01. The van der Waals surface area contributed by atoms with Crippen molar-refractivity contribution in [2.75, 3.05) is 30.9 Å². The summed E-state index contributed by atoms with van der Waals surface area (Å²) >= 11 is 0. The summed E-state index contributed by atoms with van der Waals surface area (Å²) in [5, 5.41) is 3.14. The molecular weight excluding hydrogens is 250 g/mol. The molecule has 1 saturated heterocycles. The molecule has 18 heavy (non-hydrogen) atoms. The first kappa shape index (κ1) is 13.3. The molecule has 1 aliphatic rings. The van der Waals surface area contributed by atoms with E-state index >= 15 is 0 Å². The van der Waals surface area contributed by atoms with Gasteiger partial charge in [0.1, 0.15) is 0 Å². The molecule has 0 bridgehead atoms. The minimum Gasteiger partial charge on any atom is -0.314 e. The van der Waals surface area contributed by atoms with Gasteiger partial charge in [0.25, 0.3) is 0 Å². The number of piperazine rings is 1. The molecule has 1 fully saturated rings. The lowest BCUT2D eigenvalue weighted by Gasteiger charge is -2.27. The summed E-state index contributed by atoms with van der Waals surface area (Å²) in [5.41, 5.74) is 2.71. The fourth-order valence-corrected chi connectivity index (χ4v) is 3.32. The quantitative estimate of drug-likeness (QED) is 0.856. The van der Waals surface area contributed by atoms with Gasteiger partial charge in [-0.05, 0) is 25.5 Å². The lowest BCUT2D eigenvalue weighted by atomic mass is 10.1. The van der Waals surface area contributed by atoms with Crippen molar-refractivity contribution in [3.8, 4) is 0 Å². The van der Waals surface area contributed by atoms with Crippen LogP contribution in [-0.2, 0) is 10.2 Å². The fourth-order valence-electron chi connectivity index (χ4n) is 2.02. The number of nitrogens with one attached hydrogen (secondary N) is 2. The summed E-state index contributed by atoms with van der Waals surface area (Å²) in [4.78, 5) is 0. The van der Waals surface area contributed by atoms with Crippen LogP contribution in [0.4, 0.5) is 5.69 Å². The number of nitrogens with zero attached hydrogens (tertiary/aromatic N) is 1. The maximum absolute atomic E-state index is 12.2. The van der Waals surface area contributed by atoms with Crippen LogP contribution in [0.3, 0.4) is 0 Å². The first-order chi connectivity index (χ1) is 8.49. The molecular formula is C12H19N3O2S. The van der Waals surface area contributed by atoms with Crippen LogP contribution in [0.5, 0.6) is 0 Å². The average molecular weight is 269 g/mol. The van der Waals surface area contributed by atoms with Gasteiger partial charge in [-0.25, -0.2) is 0 Å². The molecule has 0 saturated carbocycles. The lowest BCUT2D eigenvalue weighted by Crippen LogP contribution is -2.48. The molecule has 0 aromatic heterocycles. The number of hydrogen-bond acceptors (Lipinski definition) is 3. The van der Waals surface area contributed by atoms with E-state index < -0.39 is 10.2 Å². The molecule has 5 nitrogen and oxygen atoms in total. The summed E-state index contributed by atoms with van der Waals surface area (Å²) in [6, 6.07) is 5.68. The zero-order valence-corrected chi connectivity index (χ0v) is 11.5. The molecule has 0 atom stereocenters. The van der Waals surface area contributed by atoms with Gasteiger partial charge in [-0.1, -0.05) is 17.7 Å². The molecule has 0 radical (unpaired) electrons. The summed E-state index contributed by atoms with van der Waals surface area (Å²) in [6.45, 7) is 6.33. The predicted octanol–water partition coefficient (Wildman–Crippen LogP) is 0.865. The van der Waals surface area contributed by atoms with Gasteiger partial charge in [0.2, 0.25) is 0 Å². The smallest absolute Gasteiger partial charge is 0.301 e. The molecule has 2 N–H and O–H groups in total. The van der Waals surface area contributed by atoms with Crippen molar-refractivity contribution < 1.29 is 8.42 Å². The van der Waals surface area contributed by atoms with Gasteiger partial charge >= 0.3 is 10.2 Å².